The van der Waals surface area contributed by atoms with Gasteiger partial charge in [0, 0.05) is 38.3 Å². The first kappa shape index (κ1) is 23.1. The molecule has 12 nitrogen and oxygen atoms in total. The predicted octanol–water partition coefficient (Wildman–Crippen LogP) is 2.62. The number of nitrogens with one attached hydrogen (secondary N) is 2. The van der Waals surface area contributed by atoms with Gasteiger partial charge in [-0.15, -0.1) is 0 Å². The molecule has 0 spiro atoms. The van der Waals surface area contributed by atoms with Crippen molar-refractivity contribution in [1.82, 2.24) is 24.3 Å². The van der Waals surface area contributed by atoms with Gasteiger partial charge in [0.15, 0.2) is 5.65 Å². The van der Waals surface area contributed by atoms with Gasteiger partial charge in [0.2, 0.25) is 11.9 Å². The molecule has 1 aliphatic carbocycles. The zero-order chi connectivity index (χ0) is 24.7. The van der Waals surface area contributed by atoms with Crippen LogP contribution in [0.3, 0.4) is 0 Å². The van der Waals surface area contributed by atoms with Crippen molar-refractivity contribution in [3.8, 4) is 0 Å². The molecule has 35 heavy (non-hydrogen) atoms. The number of urea groups is 1. The molecular formula is C22H24N8O4S. The molecule has 0 bridgehead atoms. The third-order valence-corrected chi connectivity index (χ3v) is 6.06. The highest BCUT2D eigenvalue weighted by atomic mass is 32.1. The predicted molar refractivity (Wildman–Crippen MR) is 131 cm³/mol. The number of aromatic nitrogens is 4. The number of methoxy groups -OCH3 is 1. The summed E-state index contributed by atoms with van der Waals surface area (Å²) in [6, 6.07) is 1.60. The summed E-state index contributed by atoms with van der Waals surface area (Å²) in [5.41, 5.74) is 3.72. The number of hydrogen-bond donors (Lipinski definition) is 3. The number of amides is 4. The van der Waals surface area contributed by atoms with E-state index in [4.69, 9.17) is 9.72 Å². The number of imidazole rings is 1. The van der Waals surface area contributed by atoms with Gasteiger partial charge >= 0.3 is 6.03 Å². The minimum absolute atomic E-state index is 0.0134. The van der Waals surface area contributed by atoms with Crippen molar-refractivity contribution in [1.29, 1.82) is 0 Å². The first-order valence-corrected chi connectivity index (χ1v) is 11.5. The topological polar surface area (TPSA) is 134 Å². The van der Waals surface area contributed by atoms with Gasteiger partial charge in [-0.05, 0) is 30.4 Å². The van der Waals surface area contributed by atoms with Gasteiger partial charge in [-0.2, -0.15) is 4.98 Å². The van der Waals surface area contributed by atoms with Crippen LogP contribution >= 0.6 is 12.6 Å². The van der Waals surface area contributed by atoms with Crippen LogP contribution in [-0.2, 0) is 22.7 Å². The van der Waals surface area contributed by atoms with E-state index >= 15 is 0 Å². The molecule has 4 amide bonds. The molecule has 1 saturated carbocycles. The van der Waals surface area contributed by atoms with Crippen LogP contribution in [0.25, 0.3) is 5.65 Å². The average molecular weight is 497 g/mol. The van der Waals surface area contributed by atoms with Crippen molar-refractivity contribution in [2.75, 3.05) is 36.2 Å². The molecule has 3 aromatic heterocycles. The number of fused-ring (bicyclic) bond motifs is 1. The summed E-state index contributed by atoms with van der Waals surface area (Å²) in [6.45, 7) is 0.575. The fourth-order valence-electron chi connectivity index (χ4n) is 4.01. The zero-order valence-corrected chi connectivity index (χ0v) is 20.1. The molecule has 1 saturated heterocycles. The lowest BCUT2D eigenvalue weighted by Crippen LogP contribution is -2.30. The molecule has 4 heterocycles. The van der Waals surface area contributed by atoms with E-state index in [1.807, 2.05) is 22.9 Å². The van der Waals surface area contributed by atoms with E-state index in [1.165, 1.54) is 11.9 Å². The van der Waals surface area contributed by atoms with Gasteiger partial charge in [0.25, 0.3) is 5.24 Å². The highest BCUT2D eigenvalue weighted by Gasteiger charge is 2.36. The lowest BCUT2D eigenvalue weighted by Gasteiger charge is -2.17. The molecule has 0 radical (unpaired) electrons. The lowest BCUT2D eigenvalue weighted by molar-refractivity contribution is -0.123. The van der Waals surface area contributed by atoms with Crippen LogP contribution < -0.4 is 15.5 Å². The quantitative estimate of drug-likeness (QED) is 0.320. The molecule has 2 fully saturated rings. The molecule has 1 aliphatic heterocycles. The van der Waals surface area contributed by atoms with Crippen molar-refractivity contribution in [2.24, 2.45) is 0 Å². The van der Waals surface area contributed by atoms with E-state index < -0.39 is 5.24 Å². The minimum atomic E-state index is -0.574. The minimum Gasteiger partial charge on any atom is -0.380 e. The number of likely N-dealkylation sites (N-methyl/N-ethyl adjacent to an activating group) is 1. The molecule has 0 aromatic carbocycles. The first-order chi connectivity index (χ1) is 16.8. The number of anilines is 3. The largest absolute Gasteiger partial charge is 0.380 e. The van der Waals surface area contributed by atoms with Crippen LogP contribution in [0.4, 0.5) is 27.0 Å². The van der Waals surface area contributed by atoms with Crippen LogP contribution in [0.2, 0.25) is 0 Å². The van der Waals surface area contributed by atoms with E-state index in [0.29, 0.717) is 40.9 Å². The Bertz CT molecular complexity index is 1340. The van der Waals surface area contributed by atoms with Gasteiger partial charge in [-0.25, -0.2) is 14.8 Å². The summed E-state index contributed by atoms with van der Waals surface area (Å²) >= 11 is 3.70. The van der Waals surface area contributed by atoms with Gasteiger partial charge in [-0.1, -0.05) is 12.6 Å². The Morgan fingerprint density at radius 3 is 2.71 bits per heavy atom. The Kier molecular flexibility index (Phi) is 6.03. The van der Waals surface area contributed by atoms with Crippen molar-refractivity contribution >= 4 is 52.9 Å². The highest BCUT2D eigenvalue weighted by Crippen LogP contribution is 2.42. The van der Waals surface area contributed by atoms with Crippen molar-refractivity contribution in [3.05, 3.63) is 41.5 Å². The second-order valence-corrected chi connectivity index (χ2v) is 8.91. The number of imide groups is 1. The second kappa shape index (κ2) is 9.15. The molecule has 13 heteroatoms. The summed E-state index contributed by atoms with van der Waals surface area (Å²) in [5.74, 6) is 0.792. The van der Waals surface area contributed by atoms with Crippen LogP contribution in [-0.4, -0.2) is 62.1 Å². The van der Waals surface area contributed by atoms with Gasteiger partial charge in [-0.3, -0.25) is 24.7 Å². The van der Waals surface area contributed by atoms with Crippen LogP contribution in [0.5, 0.6) is 0 Å². The maximum absolute atomic E-state index is 12.7. The molecule has 0 atom stereocenters. The Hall–Kier alpha value is -3.71. The maximum atomic E-state index is 12.7. The number of carbonyl (C=O) groups is 3. The van der Waals surface area contributed by atoms with E-state index in [2.05, 4.69) is 33.2 Å². The molecule has 182 valence electrons. The number of hydrogen-bond acceptors (Lipinski definition) is 8. The SMILES string of the molecule is COCc1cnc(NC(=O)S)nc1NCc1cn2cc(C3CC3)cc(N3CC(=O)N(C)C3=O)c2n1. The zero-order valence-electron chi connectivity index (χ0n) is 19.2. The number of pyridine rings is 1. The number of carbonyl (C=O) groups excluding carboxylic acids is 3. The Morgan fingerprint density at radius 1 is 1.26 bits per heavy atom. The van der Waals surface area contributed by atoms with Gasteiger partial charge in [0.1, 0.15) is 12.4 Å². The Balaban J connectivity index is 1.46. The lowest BCUT2D eigenvalue weighted by atomic mass is 10.1. The van der Waals surface area contributed by atoms with E-state index in [-0.39, 0.29) is 31.0 Å². The first-order valence-electron chi connectivity index (χ1n) is 11.0. The fraction of sp³-hybridized carbons (Fsp3) is 0.364. The molecule has 5 rings (SSSR count). The molecule has 2 N–H and O–H groups in total. The van der Waals surface area contributed by atoms with Crippen molar-refractivity contribution < 1.29 is 19.1 Å². The number of rotatable bonds is 8. The molecule has 3 aromatic rings. The summed E-state index contributed by atoms with van der Waals surface area (Å²) in [7, 11) is 3.05. The van der Waals surface area contributed by atoms with Crippen molar-refractivity contribution in [3.63, 3.8) is 0 Å². The summed E-state index contributed by atoms with van der Waals surface area (Å²) in [5, 5.41) is 5.09. The van der Waals surface area contributed by atoms with Gasteiger partial charge < -0.3 is 14.5 Å². The van der Waals surface area contributed by atoms with E-state index in [1.54, 1.807) is 13.3 Å². The third kappa shape index (κ3) is 4.64. The number of nitrogens with zero attached hydrogens (tertiary/aromatic N) is 6. The fourth-order valence-corrected chi connectivity index (χ4v) is 4.11. The number of ether oxygens (including phenoxy) is 1. The second-order valence-electron chi connectivity index (χ2n) is 8.50. The Morgan fingerprint density at radius 2 is 2.06 bits per heavy atom. The normalized spacial score (nSPS) is 15.9. The monoisotopic (exact) mass is 496 g/mol. The van der Waals surface area contributed by atoms with Crippen molar-refractivity contribution in [2.45, 2.75) is 31.9 Å². The smallest absolute Gasteiger partial charge is 0.331 e. The summed E-state index contributed by atoms with van der Waals surface area (Å²) in [6.07, 6.45) is 7.68. The molecule has 2 aliphatic rings. The third-order valence-electron chi connectivity index (χ3n) is 5.95. The maximum Gasteiger partial charge on any atom is 0.331 e. The molecule has 0 unspecified atom stereocenters. The molecular weight excluding hydrogens is 472 g/mol. The van der Waals surface area contributed by atoms with E-state index in [9.17, 15) is 14.4 Å². The standard InChI is InChI=1S/C22H24N8O4S/c1-28-17(31)10-30(22(28)33)16-5-13(12-3-4-12)8-29-9-15(25-19(16)29)7-23-18-14(11-34-2)6-24-20(26-18)27-21(32)35/h5-6,8-9,12H,3-4,7,10-11H2,1-2H3,(H3,23,24,26,27,32,35). The number of thiol groups is 1. The Labute approximate surface area is 206 Å². The summed E-state index contributed by atoms with van der Waals surface area (Å²) in [4.78, 5) is 51.9. The van der Waals surface area contributed by atoms with E-state index in [0.717, 1.165) is 23.3 Å². The summed E-state index contributed by atoms with van der Waals surface area (Å²) < 4.78 is 7.12. The van der Waals surface area contributed by atoms with Crippen LogP contribution in [0.15, 0.2) is 24.7 Å². The highest BCUT2D eigenvalue weighted by molar-refractivity contribution is 7.96. The average Bonchev–Trinajstić information content (AvgIpc) is 3.54. The van der Waals surface area contributed by atoms with Crippen LogP contribution in [0, 0.1) is 0 Å². The van der Waals surface area contributed by atoms with Crippen LogP contribution in [0.1, 0.15) is 35.6 Å². The van der Waals surface area contributed by atoms with Gasteiger partial charge in [0.05, 0.1) is 24.5 Å².